The summed E-state index contributed by atoms with van der Waals surface area (Å²) >= 11 is 6.31. The summed E-state index contributed by atoms with van der Waals surface area (Å²) in [5.41, 5.74) is 1.12. The highest BCUT2D eigenvalue weighted by Gasteiger charge is 2.29. The Kier molecular flexibility index (Phi) is 5.64. The Labute approximate surface area is 120 Å². The zero-order valence-electron chi connectivity index (χ0n) is 11.7. The van der Waals surface area contributed by atoms with Gasteiger partial charge in [-0.2, -0.15) is 0 Å². The van der Waals surface area contributed by atoms with Crippen LogP contribution in [0.4, 0.5) is 0 Å². The molecule has 3 nitrogen and oxygen atoms in total. The van der Waals surface area contributed by atoms with Crippen molar-refractivity contribution in [2.45, 2.75) is 25.5 Å². The lowest BCUT2D eigenvalue weighted by Gasteiger charge is -2.37. The van der Waals surface area contributed by atoms with E-state index in [4.69, 9.17) is 16.3 Å². The maximum atomic E-state index is 6.31. The van der Waals surface area contributed by atoms with Crippen molar-refractivity contribution < 1.29 is 4.74 Å². The van der Waals surface area contributed by atoms with Gasteiger partial charge in [0.1, 0.15) is 0 Å². The summed E-state index contributed by atoms with van der Waals surface area (Å²) in [6, 6.07) is 8.15. The molecule has 0 amide bonds. The maximum Gasteiger partial charge on any atom is 0.0897 e. The lowest BCUT2D eigenvalue weighted by molar-refractivity contribution is -0.0458. The molecular formula is C15H23ClN2O. The predicted molar refractivity (Wildman–Crippen MR) is 79.7 cm³/mol. The van der Waals surface area contributed by atoms with Crippen LogP contribution in [0.2, 0.25) is 5.02 Å². The van der Waals surface area contributed by atoms with Gasteiger partial charge in [-0.1, -0.05) is 36.7 Å². The van der Waals surface area contributed by atoms with Crippen molar-refractivity contribution in [1.82, 2.24) is 10.2 Å². The second-order valence-corrected chi connectivity index (χ2v) is 5.40. The van der Waals surface area contributed by atoms with Crippen LogP contribution in [0.5, 0.6) is 0 Å². The standard InChI is InChI=1S/C15H23ClN2O/c1-3-8-18-9-10-19-14(11-18)15(17-2)12-6-4-5-7-13(12)16/h4-7,14-15,17H,3,8-11H2,1-2H3. The first-order chi connectivity index (χ1) is 9.26. The Morgan fingerprint density at radius 1 is 1.47 bits per heavy atom. The van der Waals surface area contributed by atoms with E-state index in [0.717, 1.165) is 36.8 Å². The second kappa shape index (κ2) is 7.25. The van der Waals surface area contributed by atoms with Crippen molar-refractivity contribution in [1.29, 1.82) is 0 Å². The van der Waals surface area contributed by atoms with Crippen LogP contribution in [0.1, 0.15) is 24.9 Å². The molecule has 2 atom stereocenters. The van der Waals surface area contributed by atoms with Crippen molar-refractivity contribution in [3.8, 4) is 0 Å². The molecule has 1 aliphatic heterocycles. The molecular weight excluding hydrogens is 260 g/mol. The number of morpholine rings is 1. The number of nitrogens with one attached hydrogen (secondary N) is 1. The molecule has 106 valence electrons. The van der Waals surface area contributed by atoms with Gasteiger partial charge in [0.05, 0.1) is 18.8 Å². The molecule has 1 N–H and O–H groups in total. The van der Waals surface area contributed by atoms with Gasteiger partial charge in [0.2, 0.25) is 0 Å². The number of ether oxygens (including phenoxy) is 1. The van der Waals surface area contributed by atoms with Gasteiger partial charge in [0.25, 0.3) is 0 Å². The number of halogens is 1. The largest absolute Gasteiger partial charge is 0.374 e. The zero-order valence-corrected chi connectivity index (χ0v) is 12.5. The quantitative estimate of drug-likeness (QED) is 0.899. The molecule has 1 saturated heterocycles. The van der Waals surface area contributed by atoms with E-state index >= 15 is 0 Å². The first-order valence-corrected chi connectivity index (χ1v) is 7.39. The van der Waals surface area contributed by atoms with Gasteiger partial charge in [-0.05, 0) is 31.6 Å². The predicted octanol–water partition coefficient (Wildman–Crippen LogP) is 2.71. The average molecular weight is 283 g/mol. The van der Waals surface area contributed by atoms with E-state index < -0.39 is 0 Å². The Morgan fingerprint density at radius 2 is 2.26 bits per heavy atom. The third-order valence-corrected chi connectivity index (χ3v) is 3.98. The maximum absolute atomic E-state index is 6.31. The molecule has 1 aromatic carbocycles. The van der Waals surface area contributed by atoms with Crippen molar-refractivity contribution in [2.75, 3.05) is 33.3 Å². The highest BCUT2D eigenvalue weighted by atomic mass is 35.5. The number of nitrogens with zero attached hydrogens (tertiary/aromatic N) is 1. The fraction of sp³-hybridized carbons (Fsp3) is 0.600. The van der Waals surface area contributed by atoms with Gasteiger partial charge < -0.3 is 10.1 Å². The Hall–Kier alpha value is -0.610. The molecule has 1 fully saturated rings. The molecule has 0 saturated carbocycles. The number of likely N-dealkylation sites (N-methyl/N-ethyl adjacent to an activating group) is 1. The number of hydrogen-bond donors (Lipinski definition) is 1. The minimum Gasteiger partial charge on any atom is -0.374 e. The molecule has 0 aromatic heterocycles. The Bertz CT molecular complexity index is 397. The molecule has 0 radical (unpaired) electrons. The van der Waals surface area contributed by atoms with Gasteiger partial charge in [-0.25, -0.2) is 0 Å². The lowest BCUT2D eigenvalue weighted by Crippen LogP contribution is -2.47. The number of benzene rings is 1. The van der Waals surface area contributed by atoms with Crippen LogP contribution in [-0.4, -0.2) is 44.3 Å². The first kappa shape index (κ1) is 14.8. The van der Waals surface area contributed by atoms with Crippen LogP contribution < -0.4 is 5.32 Å². The molecule has 19 heavy (non-hydrogen) atoms. The molecule has 0 bridgehead atoms. The smallest absolute Gasteiger partial charge is 0.0897 e. The lowest BCUT2D eigenvalue weighted by atomic mass is 10.00. The Balaban J connectivity index is 2.11. The average Bonchev–Trinajstić information content (AvgIpc) is 2.43. The molecule has 0 aliphatic carbocycles. The van der Waals surface area contributed by atoms with Gasteiger partial charge in [0.15, 0.2) is 0 Å². The highest BCUT2D eigenvalue weighted by Crippen LogP contribution is 2.27. The fourth-order valence-electron chi connectivity index (χ4n) is 2.72. The molecule has 1 aromatic rings. The molecule has 1 aliphatic rings. The van der Waals surface area contributed by atoms with Gasteiger partial charge >= 0.3 is 0 Å². The molecule has 0 spiro atoms. The van der Waals surface area contributed by atoms with E-state index in [2.05, 4.69) is 23.2 Å². The third-order valence-electron chi connectivity index (χ3n) is 3.64. The second-order valence-electron chi connectivity index (χ2n) is 5.00. The molecule has 4 heteroatoms. The third kappa shape index (κ3) is 3.69. The summed E-state index contributed by atoms with van der Waals surface area (Å²) in [5.74, 6) is 0. The van der Waals surface area contributed by atoms with Crippen LogP contribution in [0.3, 0.4) is 0 Å². The minimum absolute atomic E-state index is 0.147. The van der Waals surface area contributed by atoms with E-state index in [1.807, 2.05) is 25.2 Å². The van der Waals surface area contributed by atoms with Crippen molar-refractivity contribution in [2.24, 2.45) is 0 Å². The molecule has 2 unspecified atom stereocenters. The van der Waals surface area contributed by atoms with Crippen LogP contribution in [-0.2, 0) is 4.74 Å². The zero-order chi connectivity index (χ0) is 13.7. The van der Waals surface area contributed by atoms with E-state index in [9.17, 15) is 0 Å². The summed E-state index contributed by atoms with van der Waals surface area (Å²) < 4.78 is 5.95. The van der Waals surface area contributed by atoms with Crippen LogP contribution in [0, 0.1) is 0 Å². The minimum atomic E-state index is 0.147. The normalized spacial score (nSPS) is 22.4. The summed E-state index contributed by atoms with van der Waals surface area (Å²) in [6.07, 6.45) is 1.34. The summed E-state index contributed by atoms with van der Waals surface area (Å²) in [6.45, 7) is 6.15. The summed E-state index contributed by atoms with van der Waals surface area (Å²) in [4.78, 5) is 2.47. The van der Waals surface area contributed by atoms with Crippen molar-refractivity contribution in [3.05, 3.63) is 34.9 Å². The monoisotopic (exact) mass is 282 g/mol. The molecule has 1 heterocycles. The van der Waals surface area contributed by atoms with E-state index in [1.165, 1.54) is 6.42 Å². The first-order valence-electron chi connectivity index (χ1n) is 7.02. The molecule has 2 rings (SSSR count). The van der Waals surface area contributed by atoms with E-state index in [-0.39, 0.29) is 12.1 Å². The number of rotatable bonds is 5. The summed E-state index contributed by atoms with van der Waals surface area (Å²) in [5, 5.41) is 4.16. The van der Waals surface area contributed by atoms with Crippen molar-refractivity contribution >= 4 is 11.6 Å². The van der Waals surface area contributed by atoms with Crippen LogP contribution in [0.25, 0.3) is 0 Å². The van der Waals surface area contributed by atoms with E-state index in [0.29, 0.717) is 0 Å². The van der Waals surface area contributed by atoms with E-state index in [1.54, 1.807) is 0 Å². The van der Waals surface area contributed by atoms with Crippen LogP contribution >= 0.6 is 11.6 Å². The highest BCUT2D eigenvalue weighted by molar-refractivity contribution is 6.31. The summed E-state index contributed by atoms with van der Waals surface area (Å²) in [7, 11) is 1.97. The topological polar surface area (TPSA) is 24.5 Å². The van der Waals surface area contributed by atoms with Gasteiger partial charge in [0, 0.05) is 18.1 Å². The Morgan fingerprint density at radius 3 is 2.95 bits per heavy atom. The van der Waals surface area contributed by atoms with Crippen LogP contribution in [0.15, 0.2) is 24.3 Å². The number of hydrogen-bond acceptors (Lipinski definition) is 3. The van der Waals surface area contributed by atoms with Crippen molar-refractivity contribution in [3.63, 3.8) is 0 Å². The SMILES string of the molecule is CCCN1CCOC(C(NC)c2ccccc2Cl)C1. The van der Waals surface area contributed by atoms with Gasteiger partial charge in [-0.15, -0.1) is 0 Å². The fourth-order valence-corrected chi connectivity index (χ4v) is 2.97. The van der Waals surface area contributed by atoms with Gasteiger partial charge in [-0.3, -0.25) is 4.90 Å².